The van der Waals surface area contributed by atoms with E-state index in [2.05, 4.69) is 5.32 Å². The molecule has 0 atom stereocenters. The molecule has 0 bridgehead atoms. The quantitative estimate of drug-likeness (QED) is 0.674. The summed E-state index contributed by atoms with van der Waals surface area (Å²) in [6.45, 7) is -0.397. The van der Waals surface area contributed by atoms with Crippen molar-refractivity contribution in [2.45, 2.75) is 4.90 Å². The standard InChI is InChI=1S/C18H22N2O5S2/c1-24-14-8-9-17(25-2)16(11-14)20(27(4,22)23)12-18(21)19-13-6-5-7-15(10-13)26-3/h5-11H,12H2,1-4H3,(H,19,21). The summed E-state index contributed by atoms with van der Waals surface area (Å²) >= 11 is 1.55. The van der Waals surface area contributed by atoms with Gasteiger partial charge >= 0.3 is 0 Å². The van der Waals surface area contributed by atoms with Gasteiger partial charge in [-0.25, -0.2) is 8.42 Å². The minimum absolute atomic E-state index is 0.229. The zero-order valence-corrected chi connectivity index (χ0v) is 17.2. The van der Waals surface area contributed by atoms with E-state index in [1.54, 1.807) is 30.0 Å². The van der Waals surface area contributed by atoms with Crippen molar-refractivity contribution in [3.05, 3.63) is 42.5 Å². The fourth-order valence-corrected chi connectivity index (χ4v) is 3.72. The van der Waals surface area contributed by atoms with Crippen LogP contribution in [0.5, 0.6) is 11.5 Å². The van der Waals surface area contributed by atoms with Gasteiger partial charge < -0.3 is 14.8 Å². The summed E-state index contributed by atoms with van der Waals surface area (Å²) < 4.78 is 36.1. The van der Waals surface area contributed by atoms with Crippen LogP contribution >= 0.6 is 11.8 Å². The number of thioether (sulfide) groups is 1. The third kappa shape index (κ3) is 5.54. The second-order valence-corrected chi connectivity index (χ2v) is 8.37. The normalized spacial score (nSPS) is 11.0. The van der Waals surface area contributed by atoms with E-state index in [9.17, 15) is 13.2 Å². The molecule has 0 aliphatic heterocycles. The van der Waals surface area contributed by atoms with Crippen LogP contribution in [0.3, 0.4) is 0 Å². The first-order valence-corrected chi connectivity index (χ1v) is 11.0. The van der Waals surface area contributed by atoms with Gasteiger partial charge in [0, 0.05) is 16.6 Å². The molecule has 9 heteroatoms. The third-order valence-electron chi connectivity index (χ3n) is 3.70. The molecule has 0 radical (unpaired) electrons. The van der Waals surface area contributed by atoms with Gasteiger partial charge in [-0.15, -0.1) is 11.8 Å². The number of hydrogen-bond donors (Lipinski definition) is 1. The lowest BCUT2D eigenvalue weighted by Gasteiger charge is -2.24. The van der Waals surface area contributed by atoms with Crippen molar-refractivity contribution < 1.29 is 22.7 Å². The number of nitrogens with one attached hydrogen (secondary N) is 1. The summed E-state index contributed by atoms with van der Waals surface area (Å²) in [5.41, 5.74) is 0.824. The molecule has 7 nitrogen and oxygen atoms in total. The van der Waals surface area contributed by atoms with Gasteiger partial charge in [-0.1, -0.05) is 6.07 Å². The highest BCUT2D eigenvalue weighted by Gasteiger charge is 2.24. The first kappa shape index (κ1) is 20.9. The van der Waals surface area contributed by atoms with Crippen LogP contribution in [0.15, 0.2) is 47.4 Å². The number of carbonyl (C=O) groups excluding carboxylic acids is 1. The highest BCUT2D eigenvalue weighted by molar-refractivity contribution is 7.98. The summed E-state index contributed by atoms with van der Waals surface area (Å²) in [5, 5.41) is 2.72. The molecule has 0 spiro atoms. The molecule has 146 valence electrons. The van der Waals surface area contributed by atoms with Crippen LogP contribution < -0.4 is 19.1 Å². The number of amides is 1. The van der Waals surface area contributed by atoms with Gasteiger partial charge in [-0.2, -0.15) is 0 Å². The van der Waals surface area contributed by atoms with Gasteiger partial charge in [0.25, 0.3) is 0 Å². The maximum absolute atomic E-state index is 12.5. The number of benzene rings is 2. The molecule has 0 aromatic heterocycles. The summed E-state index contributed by atoms with van der Waals surface area (Å²) in [5.74, 6) is 0.300. The fourth-order valence-electron chi connectivity index (χ4n) is 2.40. The Balaban J connectivity index is 2.31. The number of sulfonamides is 1. The van der Waals surface area contributed by atoms with Gasteiger partial charge in [0.1, 0.15) is 18.0 Å². The van der Waals surface area contributed by atoms with E-state index in [1.807, 2.05) is 24.5 Å². The Labute approximate surface area is 163 Å². The molecular formula is C18H22N2O5S2. The number of hydrogen-bond acceptors (Lipinski definition) is 6. The maximum Gasteiger partial charge on any atom is 0.245 e. The minimum atomic E-state index is -3.74. The zero-order valence-electron chi connectivity index (χ0n) is 15.6. The van der Waals surface area contributed by atoms with Crippen molar-refractivity contribution in [2.24, 2.45) is 0 Å². The fraction of sp³-hybridized carbons (Fsp3) is 0.278. The first-order valence-electron chi connectivity index (χ1n) is 7.92. The molecule has 0 saturated carbocycles. The van der Waals surface area contributed by atoms with E-state index in [4.69, 9.17) is 9.47 Å². The van der Waals surface area contributed by atoms with Crippen LogP contribution in [0.1, 0.15) is 0 Å². The molecule has 0 aliphatic carbocycles. The van der Waals surface area contributed by atoms with Crippen LogP contribution in [-0.2, 0) is 14.8 Å². The highest BCUT2D eigenvalue weighted by Crippen LogP contribution is 2.33. The summed E-state index contributed by atoms with van der Waals surface area (Å²) in [6, 6.07) is 12.1. The van der Waals surface area contributed by atoms with E-state index in [-0.39, 0.29) is 5.69 Å². The Hall–Kier alpha value is -2.39. The predicted molar refractivity (Wildman–Crippen MR) is 109 cm³/mol. The van der Waals surface area contributed by atoms with Crippen molar-refractivity contribution in [2.75, 3.05) is 42.9 Å². The topological polar surface area (TPSA) is 84.9 Å². The van der Waals surface area contributed by atoms with Gasteiger partial charge in [-0.3, -0.25) is 9.10 Å². The van der Waals surface area contributed by atoms with Gasteiger partial charge in [0.15, 0.2) is 0 Å². The molecule has 2 aromatic carbocycles. The summed E-state index contributed by atoms with van der Waals surface area (Å²) in [7, 11) is -0.839. The molecule has 0 aliphatic rings. The maximum atomic E-state index is 12.5. The lowest BCUT2D eigenvalue weighted by atomic mass is 10.2. The summed E-state index contributed by atoms with van der Waals surface area (Å²) in [4.78, 5) is 13.5. The summed E-state index contributed by atoms with van der Waals surface area (Å²) in [6.07, 6.45) is 2.97. The van der Waals surface area contributed by atoms with Crippen LogP contribution in [0.25, 0.3) is 0 Å². The van der Waals surface area contributed by atoms with E-state index in [0.29, 0.717) is 17.2 Å². The van der Waals surface area contributed by atoms with Crippen molar-refractivity contribution in [1.82, 2.24) is 0 Å². The molecule has 2 aromatic rings. The lowest BCUT2D eigenvalue weighted by Crippen LogP contribution is -2.37. The molecule has 0 fully saturated rings. The second kappa shape index (κ2) is 9.01. The van der Waals surface area contributed by atoms with E-state index < -0.39 is 22.5 Å². The number of methoxy groups -OCH3 is 2. The van der Waals surface area contributed by atoms with E-state index >= 15 is 0 Å². The minimum Gasteiger partial charge on any atom is -0.497 e. The Kier molecular flexibility index (Phi) is 6.98. The highest BCUT2D eigenvalue weighted by atomic mass is 32.2. The second-order valence-electron chi connectivity index (χ2n) is 5.59. The predicted octanol–water partition coefficient (Wildman–Crippen LogP) is 2.83. The zero-order chi connectivity index (χ0) is 20.0. The molecule has 0 saturated heterocycles. The molecule has 0 unspecified atom stereocenters. The van der Waals surface area contributed by atoms with Gasteiger partial charge in [0.05, 0.1) is 26.2 Å². The lowest BCUT2D eigenvalue weighted by molar-refractivity contribution is -0.114. The third-order valence-corrected chi connectivity index (χ3v) is 5.55. The molecule has 1 amide bonds. The van der Waals surface area contributed by atoms with Crippen LogP contribution in [0.2, 0.25) is 0 Å². The van der Waals surface area contributed by atoms with Gasteiger partial charge in [-0.05, 0) is 36.6 Å². The molecule has 0 heterocycles. The molecule has 1 N–H and O–H groups in total. The van der Waals surface area contributed by atoms with Crippen LogP contribution in [0, 0.1) is 0 Å². The Bertz CT molecular complexity index is 916. The monoisotopic (exact) mass is 410 g/mol. The number of nitrogens with zero attached hydrogens (tertiary/aromatic N) is 1. The average molecular weight is 411 g/mol. The van der Waals surface area contributed by atoms with Crippen molar-refractivity contribution in [1.29, 1.82) is 0 Å². The number of anilines is 2. The van der Waals surface area contributed by atoms with Crippen molar-refractivity contribution in [3.8, 4) is 11.5 Å². The smallest absolute Gasteiger partial charge is 0.245 e. The Morgan fingerprint density at radius 1 is 1.15 bits per heavy atom. The largest absolute Gasteiger partial charge is 0.497 e. The number of ether oxygens (including phenoxy) is 2. The first-order chi connectivity index (χ1) is 12.8. The molecule has 2 rings (SSSR count). The number of carbonyl (C=O) groups is 1. The van der Waals surface area contributed by atoms with Crippen LogP contribution in [0.4, 0.5) is 11.4 Å². The van der Waals surface area contributed by atoms with E-state index in [1.165, 1.54) is 20.3 Å². The van der Waals surface area contributed by atoms with Crippen molar-refractivity contribution >= 4 is 39.1 Å². The SMILES string of the molecule is COc1ccc(OC)c(N(CC(=O)Nc2cccc(SC)c2)S(C)(=O)=O)c1. The van der Waals surface area contributed by atoms with E-state index in [0.717, 1.165) is 15.5 Å². The average Bonchev–Trinajstić information content (AvgIpc) is 2.64. The molecule has 27 heavy (non-hydrogen) atoms. The Morgan fingerprint density at radius 3 is 2.48 bits per heavy atom. The number of rotatable bonds is 8. The Morgan fingerprint density at radius 2 is 1.89 bits per heavy atom. The van der Waals surface area contributed by atoms with Gasteiger partial charge in [0.2, 0.25) is 15.9 Å². The van der Waals surface area contributed by atoms with Crippen molar-refractivity contribution in [3.63, 3.8) is 0 Å². The molecular weight excluding hydrogens is 388 g/mol. The van der Waals surface area contributed by atoms with Crippen LogP contribution in [-0.4, -0.2) is 47.6 Å².